The predicted molar refractivity (Wildman–Crippen MR) is 26.0 cm³/mol. The Morgan fingerprint density at radius 2 is 2.83 bits per heavy atom. The Morgan fingerprint density at radius 1 is 2.00 bits per heavy atom. The van der Waals surface area contributed by atoms with Gasteiger partial charge in [-0.1, -0.05) is 17.4 Å². The smallest absolute Gasteiger partial charge is 0.154 e. The highest BCUT2D eigenvalue weighted by Crippen LogP contribution is 1.86. The van der Waals surface area contributed by atoms with Crippen molar-refractivity contribution in [2.45, 2.75) is 0 Å². The van der Waals surface area contributed by atoms with Gasteiger partial charge in [0.1, 0.15) is 0 Å². The number of nitrogens with zero attached hydrogens (tertiary/aromatic N) is 1. The Hall–Kier alpha value is -0.440. The average molecular weight is 100 g/mol. The van der Waals surface area contributed by atoms with Gasteiger partial charge < -0.3 is 4.84 Å². The Labute approximate surface area is 40.8 Å². The first-order valence-corrected chi connectivity index (χ1v) is 1.91. The lowest BCUT2D eigenvalue weighted by atomic mass is 10.5. The van der Waals surface area contributed by atoms with Gasteiger partial charge in [0.25, 0.3) is 0 Å². The van der Waals surface area contributed by atoms with Gasteiger partial charge in [0.15, 0.2) is 12.8 Å². The van der Waals surface area contributed by atoms with Crippen molar-refractivity contribution in [1.82, 2.24) is 0 Å². The second kappa shape index (κ2) is 1.34. The number of hydrogen-bond donors (Lipinski definition) is 0. The summed E-state index contributed by atoms with van der Waals surface area (Å²) in [6.07, 6.45) is 2.45. The minimum Gasteiger partial charge on any atom is -0.389 e. The molecule has 0 bridgehead atoms. The van der Waals surface area contributed by atoms with Crippen LogP contribution in [0.5, 0.6) is 0 Å². The van der Waals surface area contributed by atoms with E-state index in [1.165, 1.54) is 0 Å². The maximum atomic E-state index is 4.59. The molecule has 1 heterocycles. The first-order chi connectivity index (χ1) is 2.89. The average Bonchev–Trinajstić information content (AvgIpc) is 1.86. The van der Waals surface area contributed by atoms with E-state index < -0.39 is 0 Å². The van der Waals surface area contributed by atoms with Crippen molar-refractivity contribution >= 4 is 23.3 Å². The van der Waals surface area contributed by atoms with Crippen LogP contribution < -0.4 is 0 Å². The number of thiocarbonyl (C=S) groups is 1. The van der Waals surface area contributed by atoms with Crippen molar-refractivity contribution in [3.8, 4) is 0 Å². The molecule has 0 fully saturated rings. The van der Waals surface area contributed by atoms with Gasteiger partial charge >= 0.3 is 0 Å². The van der Waals surface area contributed by atoms with E-state index in [2.05, 4.69) is 28.4 Å². The molecular formula is C3H2NOS. The molecule has 0 N–H and O–H groups in total. The van der Waals surface area contributed by atoms with Crippen molar-refractivity contribution in [3.05, 3.63) is 0 Å². The van der Waals surface area contributed by atoms with Gasteiger partial charge in [0, 0.05) is 0 Å². The van der Waals surface area contributed by atoms with E-state index in [-0.39, 0.29) is 0 Å². The van der Waals surface area contributed by atoms with Crippen molar-refractivity contribution in [2.24, 2.45) is 5.16 Å². The van der Waals surface area contributed by atoms with E-state index in [4.69, 9.17) is 0 Å². The maximum Gasteiger partial charge on any atom is 0.154 e. The molecule has 0 aliphatic carbocycles. The molecule has 31 valence electrons. The maximum absolute atomic E-state index is 4.59. The summed E-state index contributed by atoms with van der Waals surface area (Å²) in [5.41, 5.74) is 0. The summed E-state index contributed by atoms with van der Waals surface area (Å²) in [7, 11) is 0. The summed E-state index contributed by atoms with van der Waals surface area (Å²) in [5, 5.41) is 3.27. The Morgan fingerprint density at radius 3 is 3.00 bits per heavy atom. The van der Waals surface area contributed by atoms with Crippen LogP contribution in [-0.4, -0.2) is 17.7 Å². The van der Waals surface area contributed by atoms with Crippen LogP contribution in [0.3, 0.4) is 0 Å². The monoisotopic (exact) mass is 100.0 g/mol. The van der Waals surface area contributed by atoms with Gasteiger partial charge in [-0.25, -0.2) is 0 Å². The Kier molecular flexibility index (Phi) is 0.837. The molecule has 6 heavy (non-hydrogen) atoms. The summed E-state index contributed by atoms with van der Waals surface area (Å²) in [6, 6.07) is 0. The quantitative estimate of drug-likeness (QED) is 0.407. The zero-order chi connectivity index (χ0) is 4.41. The summed E-state index contributed by atoms with van der Waals surface area (Å²) >= 11 is 4.59. The molecule has 0 unspecified atom stereocenters. The number of hydrogen-bond acceptors (Lipinski definition) is 3. The van der Waals surface area contributed by atoms with E-state index in [1.807, 2.05) is 0 Å². The molecule has 0 spiro atoms. The topological polar surface area (TPSA) is 21.6 Å². The van der Waals surface area contributed by atoms with Gasteiger partial charge in [-0.3, -0.25) is 0 Å². The van der Waals surface area contributed by atoms with Gasteiger partial charge in [-0.15, -0.1) is 0 Å². The molecule has 1 aliphatic rings. The van der Waals surface area contributed by atoms with E-state index in [1.54, 1.807) is 0 Å². The third-order valence-corrected chi connectivity index (χ3v) is 0.640. The van der Waals surface area contributed by atoms with E-state index >= 15 is 0 Å². The molecule has 0 atom stereocenters. The SMILES string of the molecule is S=C1[C]=NOC1. The van der Waals surface area contributed by atoms with Gasteiger partial charge in [-0.05, 0) is 0 Å². The fourth-order valence-corrected chi connectivity index (χ4v) is 0.296. The molecule has 1 aliphatic heterocycles. The third kappa shape index (κ3) is 0.542. The Balaban J connectivity index is 2.59. The molecule has 1 radical (unpaired) electrons. The molecule has 3 heteroatoms. The largest absolute Gasteiger partial charge is 0.389 e. The zero-order valence-electron chi connectivity index (χ0n) is 2.97. The van der Waals surface area contributed by atoms with Crippen LogP contribution in [0.15, 0.2) is 5.16 Å². The van der Waals surface area contributed by atoms with Crippen molar-refractivity contribution < 1.29 is 4.84 Å². The van der Waals surface area contributed by atoms with Crippen molar-refractivity contribution in [3.63, 3.8) is 0 Å². The van der Waals surface area contributed by atoms with Crippen LogP contribution in [-0.2, 0) is 4.84 Å². The second-order valence-electron chi connectivity index (χ2n) is 0.900. The molecule has 0 aromatic heterocycles. The fourth-order valence-electron chi connectivity index (χ4n) is 0.206. The van der Waals surface area contributed by atoms with Crippen molar-refractivity contribution in [2.75, 3.05) is 6.61 Å². The summed E-state index contributed by atoms with van der Waals surface area (Å²) in [4.78, 5) is 5.08. The second-order valence-corrected chi connectivity index (χ2v) is 1.39. The molecule has 0 aromatic carbocycles. The molecule has 0 amide bonds. The van der Waals surface area contributed by atoms with Gasteiger partial charge in [0.05, 0.1) is 4.86 Å². The van der Waals surface area contributed by atoms with E-state index in [0.29, 0.717) is 11.5 Å². The molecule has 1 rings (SSSR count). The lowest BCUT2D eigenvalue weighted by Gasteiger charge is -1.77. The zero-order valence-corrected chi connectivity index (χ0v) is 3.79. The van der Waals surface area contributed by atoms with Crippen LogP contribution in [0.25, 0.3) is 0 Å². The number of rotatable bonds is 0. The molecule has 2 nitrogen and oxygen atoms in total. The molecule has 0 aromatic rings. The third-order valence-electron chi connectivity index (χ3n) is 0.431. The van der Waals surface area contributed by atoms with Crippen molar-refractivity contribution in [1.29, 1.82) is 0 Å². The highest BCUT2D eigenvalue weighted by molar-refractivity contribution is 7.82. The molecular weight excluding hydrogens is 98.1 g/mol. The predicted octanol–water partition coefficient (Wildman–Crippen LogP) is 0.249. The van der Waals surface area contributed by atoms with E-state index in [0.717, 1.165) is 0 Å². The van der Waals surface area contributed by atoms with E-state index in [9.17, 15) is 0 Å². The van der Waals surface area contributed by atoms with Crippen LogP contribution in [0.4, 0.5) is 0 Å². The first-order valence-electron chi connectivity index (χ1n) is 1.50. The van der Waals surface area contributed by atoms with Crippen LogP contribution in [0, 0.1) is 0 Å². The normalized spacial score (nSPS) is 18.3. The first kappa shape index (κ1) is 3.74. The lowest BCUT2D eigenvalue weighted by Crippen LogP contribution is -1.92. The highest BCUT2D eigenvalue weighted by Gasteiger charge is 1.98. The Bertz CT molecular complexity index is 99.0. The van der Waals surface area contributed by atoms with Crippen LogP contribution in [0.1, 0.15) is 0 Å². The van der Waals surface area contributed by atoms with Crippen LogP contribution in [0.2, 0.25) is 0 Å². The summed E-state index contributed by atoms with van der Waals surface area (Å²) in [6.45, 7) is 0.440. The standard InChI is InChI=1S/C3H2NOS/c6-3-1-4-5-2-3/h2H2. The fraction of sp³-hybridized carbons (Fsp3) is 0.333. The minimum absolute atomic E-state index is 0.440. The molecule has 0 saturated heterocycles. The van der Waals surface area contributed by atoms with Gasteiger partial charge in [0.2, 0.25) is 0 Å². The van der Waals surface area contributed by atoms with Crippen LogP contribution >= 0.6 is 12.2 Å². The lowest BCUT2D eigenvalue weighted by molar-refractivity contribution is 0.198. The summed E-state index contributed by atoms with van der Waals surface area (Å²) in [5.74, 6) is 0. The highest BCUT2D eigenvalue weighted by atomic mass is 32.1. The minimum atomic E-state index is 0.440. The summed E-state index contributed by atoms with van der Waals surface area (Å²) < 4.78 is 0. The van der Waals surface area contributed by atoms with Gasteiger partial charge in [-0.2, -0.15) is 0 Å². The molecule has 0 saturated carbocycles.